The minimum absolute atomic E-state index is 0.114. The van der Waals surface area contributed by atoms with E-state index < -0.39 is 0 Å². The first-order valence-corrected chi connectivity index (χ1v) is 8.00. The molecule has 0 saturated heterocycles. The molecule has 0 spiro atoms. The SMILES string of the molecule is Cc1csc(C(=O)c2cc3c(cc2Br)OCCO3)c1Cl. The lowest BCUT2D eigenvalue weighted by Crippen LogP contribution is -2.16. The van der Waals surface area contributed by atoms with Crippen molar-refractivity contribution in [3.05, 3.63) is 43.0 Å². The zero-order chi connectivity index (χ0) is 14.3. The average Bonchev–Trinajstić information content (AvgIpc) is 2.77. The predicted octanol–water partition coefficient (Wildman–Crippen LogP) is 4.47. The number of hydrogen-bond donors (Lipinski definition) is 0. The lowest BCUT2D eigenvalue weighted by Gasteiger charge is -2.19. The summed E-state index contributed by atoms with van der Waals surface area (Å²) in [4.78, 5) is 13.1. The standard InChI is InChI=1S/C14H10BrClO3S/c1-7-6-20-14(12(7)16)13(17)8-4-10-11(5-9(8)15)19-3-2-18-10/h4-6H,2-3H2,1H3. The van der Waals surface area contributed by atoms with Crippen LogP contribution in [0.25, 0.3) is 0 Å². The lowest BCUT2D eigenvalue weighted by atomic mass is 10.1. The number of aryl methyl sites for hydroxylation is 1. The van der Waals surface area contributed by atoms with Gasteiger partial charge in [-0.1, -0.05) is 11.6 Å². The molecule has 6 heteroatoms. The smallest absolute Gasteiger partial charge is 0.205 e. The molecule has 3 rings (SSSR count). The van der Waals surface area contributed by atoms with Gasteiger partial charge in [-0.05, 0) is 45.9 Å². The van der Waals surface area contributed by atoms with E-state index in [0.717, 1.165) is 5.56 Å². The van der Waals surface area contributed by atoms with Gasteiger partial charge in [-0.15, -0.1) is 11.3 Å². The Hall–Kier alpha value is -1.04. The van der Waals surface area contributed by atoms with Crippen molar-refractivity contribution in [1.82, 2.24) is 0 Å². The minimum atomic E-state index is -0.114. The van der Waals surface area contributed by atoms with E-state index in [1.54, 1.807) is 12.1 Å². The fourth-order valence-corrected chi connectivity index (χ4v) is 3.68. The summed E-state index contributed by atoms with van der Waals surface area (Å²) in [7, 11) is 0. The number of benzene rings is 1. The Labute approximate surface area is 133 Å². The second-order valence-electron chi connectivity index (χ2n) is 4.37. The quantitative estimate of drug-likeness (QED) is 0.728. The van der Waals surface area contributed by atoms with Gasteiger partial charge in [-0.25, -0.2) is 0 Å². The molecular formula is C14H10BrClO3S. The van der Waals surface area contributed by atoms with Crippen LogP contribution in [0, 0.1) is 6.92 Å². The van der Waals surface area contributed by atoms with Crippen molar-refractivity contribution in [1.29, 1.82) is 0 Å². The molecule has 1 aromatic heterocycles. The van der Waals surface area contributed by atoms with E-state index >= 15 is 0 Å². The first kappa shape index (κ1) is 13.9. The summed E-state index contributed by atoms with van der Waals surface area (Å²) in [5.41, 5.74) is 1.44. The van der Waals surface area contributed by atoms with Crippen LogP contribution in [0.2, 0.25) is 5.02 Å². The van der Waals surface area contributed by atoms with Gasteiger partial charge >= 0.3 is 0 Å². The van der Waals surface area contributed by atoms with Crippen molar-refractivity contribution < 1.29 is 14.3 Å². The van der Waals surface area contributed by atoms with Crippen LogP contribution in [0.4, 0.5) is 0 Å². The van der Waals surface area contributed by atoms with Gasteiger partial charge in [-0.3, -0.25) is 4.79 Å². The summed E-state index contributed by atoms with van der Waals surface area (Å²) < 4.78 is 11.7. The molecule has 2 heterocycles. The maximum absolute atomic E-state index is 12.6. The highest BCUT2D eigenvalue weighted by atomic mass is 79.9. The number of carbonyl (C=O) groups is 1. The predicted molar refractivity (Wildman–Crippen MR) is 82.6 cm³/mol. The molecule has 0 atom stereocenters. The van der Waals surface area contributed by atoms with Crippen molar-refractivity contribution in [3.8, 4) is 11.5 Å². The molecule has 3 nitrogen and oxygen atoms in total. The Morgan fingerprint density at radius 3 is 2.55 bits per heavy atom. The van der Waals surface area contributed by atoms with Crippen molar-refractivity contribution in [3.63, 3.8) is 0 Å². The van der Waals surface area contributed by atoms with Crippen LogP contribution in [-0.4, -0.2) is 19.0 Å². The van der Waals surface area contributed by atoms with E-state index in [4.69, 9.17) is 21.1 Å². The van der Waals surface area contributed by atoms with Crippen molar-refractivity contribution >= 4 is 44.7 Å². The molecule has 2 aromatic rings. The van der Waals surface area contributed by atoms with Gasteiger partial charge in [0.1, 0.15) is 13.2 Å². The van der Waals surface area contributed by atoms with Crippen LogP contribution in [0.15, 0.2) is 22.0 Å². The molecule has 1 aliphatic rings. The van der Waals surface area contributed by atoms with E-state index in [9.17, 15) is 4.79 Å². The Balaban J connectivity index is 2.06. The highest BCUT2D eigenvalue weighted by Crippen LogP contribution is 2.38. The highest BCUT2D eigenvalue weighted by Gasteiger charge is 2.22. The van der Waals surface area contributed by atoms with Crippen LogP contribution in [0.1, 0.15) is 20.8 Å². The molecule has 0 bridgehead atoms. The number of hydrogen-bond acceptors (Lipinski definition) is 4. The normalized spacial score (nSPS) is 13.3. The van der Waals surface area contributed by atoms with Crippen LogP contribution in [-0.2, 0) is 0 Å². The molecule has 0 fully saturated rings. The summed E-state index contributed by atoms with van der Waals surface area (Å²) >= 11 is 10.9. The second kappa shape index (κ2) is 5.39. The fraction of sp³-hybridized carbons (Fsp3) is 0.214. The minimum Gasteiger partial charge on any atom is -0.486 e. The maximum atomic E-state index is 12.6. The molecule has 0 aliphatic carbocycles. The second-order valence-corrected chi connectivity index (χ2v) is 6.48. The Morgan fingerprint density at radius 1 is 1.30 bits per heavy atom. The van der Waals surface area contributed by atoms with E-state index in [-0.39, 0.29) is 5.78 Å². The van der Waals surface area contributed by atoms with Crippen LogP contribution in [0.5, 0.6) is 11.5 Å². The average molecular weight is 374 g/mol. The van der Waals surface area contributed by atoms with Crippen molar-refractivity contribution in [2.45, 2.75) is 6.92 Å². The van der Waals surface area contributed by atoms with Gasteiger partial charge in [0.2, 0.25) is 5.78 Å². The molecule has 0 amide bonds. The zero-order valence-corrected chi connectivity index (χ0v) is 13.7. The topological polar surface area (TPSA) is 35.5 Å². The van der Waals surface area contributed by atoms with E-state index in [1.807, 2.05) is 12.3 Å². The van der Waals surface area contributed by atoms with Gasteiger partial charge < -0.3 is 9.47 Å². The summed E-state index contributed by atoms with van der Waals surface area (Å²) in [6.45, 7) is 2.89. The molecule has 0 radical (unpaired) electrons. The van der Waals surface area contributed by atoms with Crippen LogP contribution < -0.4 is 9.47 Å². The number of ether oxygens (including phenoxy) is 2. The highest BCUT2D eigenvalue weighted by molar-refractivity contribution is 9.10. The monoisotopic (exact) mass is 372 g/mol. The molecule has 0 saturated carbocycles. The first-order valence-electron chi connectivity index (χ1n) is 5.95. The van der Waals surface area contributed by atoms with Crippen molar-refractivity contribution in [2.24, 2.45) is 0 Å². The summed E-state index contributed by atoms with van der Waals surface area (Å²) in [6, 6.07) is 3.46. The van der Waals surface area contributed by atoms with E-state index in [1.165, 1.54) is 11.3 Å². The fourth-order valence-electron chi connectivity index (χ4n) is 1.94. The van der Waals surface area contributed by atoms with Crippen LogP contribution in [0.3, 0.4) is 0 Å². The molecule has 1 aliphatic heterocycles. The number of thiophene rings is 1. The third-order valence-electron chi connectivity index (χ3n) is 2.98. The Bertz CT molecular complexity index is 696. The number of rotatable bonds is 2. The van der Waals surface area contributed by atoms with Gasteiger partial charge in [0.25, 0.3) is 0 Å². The summed E-state index contributed by atoms with van der Waals surface area (Å²) in [5.74, 6) is 1.12. The van der Waals surface area contributed by atoms with Gasteiger partial charge in [-0.2, -0.15) is 0 Å². The molecule has 0 N–H and O–H groups in total. The zero-order valence-electron chi connectivity index (χ0n) is 10.5. The molecule has 0 unspecified atom stereocenters. The third kappa shape index (κ3) is 2.34. The molecule has 1 aromatic carbocycles. The number of ketones is 1. The third-order valence-corrected chi connectivity index (χ3v) is 5.33. The Morgan fingerprint density at radius 2 is 1.95 bits per heavy atom. The van der Waals surface area contributed by atoms with E-state index in [2.05, 4.69) is 15.9 Å². The lowest BCUT2D eigenvalue weighted by molar-refractivity contribution is 0.104. The van der Waals surface area contributed by atoms with Gasteiger partial charge in [0.15, 0.2) is 11.5 Å². The molecule has 20 heavy (non-hydrogen) atoms. The van der Waals surface area contributed by atoms with Gasteiger partial charge in [0, 0.05) is 10.0 Å². The molecular weight excluding hydrogens is 364 g/mol. The van der Waals surface area contributed by atoms with Gasteiger partial charge in [0.05, 0.1) is 9.90 Å². The van der Waals surface area contributed by atoms with Crippen LogP contribution >= 0.6 is 38.9 Å². The number of carbonyl (C=O) groups excluding carboxylic acids is 1. The summed E-state index contributed by atoms with van der Waals surface area (Å²) in [6.07, 6.45) is 0. The number of halogens is 2. The number of fused-ring (bicyclic) bond motifs is 1. The van der Waals surface area contributed by atoms with Crippen molar-refractivity contribution in [2.75, 3.05) is 13.2 Å². The largest absolute Gasteiger partial charge is 0.486 e. The van der Waals surface area contributed by atoms with E-state index in [0.29, 0.717) is 44.6 Å². The first-order chi connectivity index (χ1) is 9.58. The Kier molecular flexibility index (Phi) is 3.75. The maximum Gasteiger partial charge on any atom is 0.205 e. The summed E-state index contributed by atoms with van der Waals surface area (Å²) in [5, 5.41) is 2.39. The molecule has 104 valence electrons.